The van der Waals surface area contributed by atoms with Crippen molar-refractivity contribution in [1.29, 1.82) is 0 Å². The van der Waals surface area contributed by atoms with Crippen LogP contribution in [-0.4, -0.2) is 34.5 Å². The minimum Gasteiger partial charge on any atom is -0.351 e. The van der Waals surface area contributed by atoms with Gasteiger partial charge in [-0.2, -0.15) is 13.2 Å². The van der Waals surface area contributed by atoms with Gasteiger partial charge in [-0.3, -0.25) is 19.3 Å². The summed E-state index contributed by atoms with van der Waals surface area (Å²) in [6.45, 7) is -0.532. The van der Waals surface area contributed by atoms with Gasteiger partial charge in [-0.05, 0) is 59.7 Å². The van der Waals surface area contributed by atoms with Gasteiger partial charge in [0.2, 0.25) is 5.91 Å². The lowest BCUT2D eigenvalue weighted by Crippen LogP contribution is -2.40. The molecule has 3 amide bonds. The fraction of sp³-hybridized carbons (Fsp3) is 0.227. The van der Waals surface area contributed by atoms with E-state index in [-0.39, 0.29) is 16.9 Å². The van der Waals surface area contributed by atoms with E-state index in [4.69, 9.17) is 0 Å². The van der Waals surface area contributed by atoms with Crippen LogP contribution in [0, 0.1) is 11.6 Å². The summed E-state index contributed by atoms with van der Waals surface area (Å²) in [5.74, 6) is -3.47. The Balaban J connectivity index is 1.35. The summed E-state index contributed by atoms with van der Waals surface area (Å²) in [7, 11) is 0. The Morgan fingerprint density at radius 1 is 1.09 bits per heavy atom. The lowest BCUT2D eigenvalue weighted by Gasteiger charge is -2.12. The highest BCUT2D eigenvalue weighted by Crippen LogP contribution is 2.41. The number of amides is 3. The third kappa shape index (κ3) is 5.08. The normalized spacial score (nSPS) is 21.6. The third-order valence-corrected chi connectivity index (χ3v) is 6.13. The Morgan fingerprint density at radius 2 is 1.79 bits per heavy atom. The lowest BCUT2D eigenvalue weighted by atomic mass is 10.1. The molecule has 1 N–H and O–H groups in total. The molecule has 5 nitrogen and oxygen atoms in total. The summed E-state index contributed by atoms with van der Waals surface area (Å²) in [6.07, 6.45) is -2.70. The van der Waals surface area contributed by atoms with E-state index in [0.29, 0.717) is 29.3 Å². The molecule has 2 aromatic rings. The number of rotatable bonds is 5. The number of thioether (sulfide) groups is 1. The molecule has 0 radical (unpaired) electrons. The summed E-state index contributed by atoms with van der Waals surface area (Å²) >= 11 is 0.582. The lowest BCUT2D eigenvalue weighted by molar-refractivity contribution is -0.137. The van der Waals surface area contributed by atoms with Gasteiger partial charge in [-0.15, -0.1) is 0 Å². The summed E-state index contributed by atoms with van der Waals surface area (Å²) in [5, 5.41) is 1.97. The molecule has 33 heavy (non-hydrogen) atoms. The van der Waals surface area contributed by atoms with E-state index in [2.05, 4.69) is 5.32 Å². The van der Waals surface area contributed by atoms with E-state index in [9.17, 15) is 36.3 Å². The number of imide groups is 1. The highest BCUT2D eigenvalue weighted by Gasteiger charge is 2.42. The van der Waals surface area contributed by atoms with Crippen LogP contribution in [0.15, 0.2) is 47.4 Å². The van der Waals surface area contributed by atoms with Crippen LogP contribution in [0.2, 0.25) is 0 Å². The Hall–Kier alpha value is -3.21. The third-order valence-electron chi connectivity index (χ3n) is 5.22. The van der Waals surface area contributed by atoms with Gasteiger partial charge in [0, 0.05) is 12.0 Å². The van der Waals surface area contributed by atoms with Crippen molar-refractivity contribution in [3.63, 3.8) is 0 Å². The smallest absolute Gasteiger partial charge is 0.351 e. The molecular weight excluding hydrogens is 467 g/mol. The van der Waals surface area contributed by atoms with Crippen molar-refractivity contribution in [2.75, 3.05) is 6.54 Å². The largest absolute Gasteiger partial charge is 0.416 e. The highest BCUT2D eigenvalue weighted by molar-refractivity contribution is 8.18. The first-order chi connectivity index (χ1) is 15.5. The van der Waals surface area contributed by atoms with E-state index in [0.717, 1.165) is 29.2 Å². The average Bonchev–Trinajstić information content (AvgIpc) is 3.46. The van der Waals surface area contributed by atoms with Crippen molar-refractivity contribution in [3.8, 4) is 0 Å². The monoisotopic (exact) mass is 482 g/mol. The summed E-state index contributed by atoms with van der Waals surface area (Å²) < 4.78 is 64.4. The average molecular weight is 482 g/mol. The summed E-state index contributed by atoms with van der Waals surface area (Å²) in [6, 6.07) is 7.25. The van der Waals surface area contributed by atoms with Gasteiger partial charge < -0.3 is 5.32 Å². The van der Waals surface area contributed by atoms with Gasteiger partial charge in [0.25, 0.3) is 11.1 Å². The molecule has 11 heteroatoms. The zero-order chi connectivity index (χ0) is 23.9. The first-order valence-electron chi connectivity index (χ1n) is 9.70. The van der Waals surface area contributed by atoms with Crippen LogP contribution in [0.1, 0.15) is 29.0 Å². The topological polar surface area (TPSA) is 66.5 Å². The molecular formula is C22H15F5N2O3S. The number of halogens is 5. The van der Waals surface area contributed by atoms with E-state index in [1.54, 1.807) is 0 Å². The summed E-state index contributed by atoms with van der Waals surface area (Å²) in [5.41, 5.74) is -0.0127. The molecule has 1 saturated carbocycles. The molecule has 2 aromatic carbocycles. The maximum Gasteiger partial charge on any atom is 0.416 e. The number of nitrogens with one attached hydrogen (secondary N) is 1. The van der Waals surface area contributed by atoms with Crippen molar-refractivity contribution in [2.45, 2.75) is 24.6 Å². The maximum absolute atomic E-state index is 13.4. The first-order valence-corrected chi connectivity index (χ1v) is 10.5. The molecule has 172 valence electrons. The molecule has 1 heterocycles. The molecule has 2 atom stereocenters. The fourth-order valence-electron chi connectivity index (χ4n) is 3.42. The zero-order valence-corrected chi connectivity index (χ0v) is 17.5. The summed E-state index contributed by atoms with van der Waals surface area (Å²) in [4.78, 5) is 37.7. The number of carbonyl (C=O) groups is 3. The van der Waals surface area contributed by atoms with Gasteiger partial charge in [0.1, 0.15) is 6.54 Å². The number of benzene rings is 2. The molecule has 0 unspecified atom stereocenters. The molecule has 1 saturated heterocycles. The second-order valence-electron chi connectivity index (χ2n) is 7.58. The van der Waals surface area contributed by atoms with Crippen LogP contribution < -0.4 is 5.32 Å². The first kappa shape index (κ1) is 23.0. The number of carbonyl (C=O) groups excluding carboxylic acids is 3. The van der Waals surface area contributed by atoms with Gasteiger partial charge in [0.05, 0.1) is 10.5 Å². The molecule has 0 spiro atoms. The Labute approximate surface area is 188 Å². The molecule has 4 rings (SSSR count). The van der Waals surface area contributed by atoms with E-state index in [1.165, 1.54) is 24.3 Å². The van der Waals surface area contributed by atoms with Crippen molar-refractivity contribution in [2.24, 2.45) is 0 Å². The van der Waals surface area contributed by atoms with Gasteiger partial charge in [-0.25, -0.2) is 8.78 Å². The van der Waals surface area contributed by atoms with Crippen molar-refractivity contribution in [1.82, 2.24) is 10.2 Å². The second kappa shape index (κ2) is 8.62. The minimum atomic E-state index is -4.49. The zero-order valence-electron chi connectivity index (χ0n) is 16.7. The van der Waals surface area contributed by atoms with Crippen molar-refractivity contribution >= 4 is 34.9 Å². The Morgan fingerprint density at radius 3 is 2.42 bits per heavy atom. The van der Waals surface area contributed by atoms with Gasteiger partial charge in [-0.1, -0.05) is 18.2 Å². The Bertz CT molecular complexity index is 1160. The molecule has 2 fully saturated rings. The van der Waals surface area contributed by atoms with Crippen LogP contribution in [0.3, 0.4) is 0 Å². The minimum absolute atomic E-state index is 0.0151. The standard InChI is InChI=1S/C22H15F5N2O3S/c23-15-6-3-12(8-16(15)24)14-9-17(14)28-19(30)10-29-20(31)18(33-21(29)32)7-11-1-4-13(5-2-11)22(25,26)27/h1-8,14,17H,9-10H2,(H,28,30)/b18-7-/t14-,17+/m0/s1. The van der Waals surface area contributed by atoms with Crippen molar-refractivity contribution in [3.05, 3.63) is 75.7 Å². The Kier molecular flexibility index (Phi) is 6.00. The quantitative estimate of drug-likeness (QED) is 0.496. The van der Waals surface area contributed by atoms with E-state index in [1.807, 2.05) is 0 Å². The number of nitrogens with zero attached hydrogens (tertiary/aromatic N) is 1. The van der Waals surface area contributed by atoms with Gasteiger partial charge in [0.15, 0.2) is 11.6 Å². The molecule has 2 aliphatic rings. The molecule has 1 aliphatic carbocycles. The fourth-order valence-corrected chi connectivity index (χ4v) is 4.26. The predicted octanol–water partition coefficient (Wildman–Crippen LogP) is 4.69. The van der Waals surface area contributed by atoms with E-state index >= 15 is 0 Å². The second-order valence-corrected chi connectivity index (χ2v) is 8.57. The number of hydrogen-bond donors (Lipinski definition) is 1. The van der Waals surface area contributed by atoms with Crippen LogP contribution >= 0.6 is 11.8 Å². The van der Waals surface area contributed by atoms with Crippen LogP contribution in [-0.2, 0) is 15.8 Å². The highest BCUT2D eigenvalue weighted by atomic mass is 32.2. The number of alkyl halides is 3. The SMILES string of the molecule is O=C(CN1C(=O)S/C(=C\c2ccc(C(F)(F)F)cc2)C1=O)N[C@@H]1C[C@H]1c1ccc(F)c(F)c1. The molecule has 1 aliphatic heterocycles. The van der Waals surface area contributed by atoms with Gasteiger partial charge >= 0.3 is 6.18 Å². The van der Waals surface area contributed by atoms with Crippen molar-refractivity contribution < 1.29 is 36.3 Å². The predicted molar refractivity (Wildman–Crippen MR) is 110 cm³/mol. The molecule has 0 aromatic heterocycles. The van der Waals surface area contributed by atoms with Crippen LogP contribution in [0.5, 0.6) is 0 Å². The van der Waals surface area contributed by atoms with Crippen LogP contribution in [0.25, 0.3) is 6.08 Å². The number of hydrogen-bond acceptors (Lipinski definition) is 4. The van der Waals surface area contributed by atoms with Crippen LogP contribution in [0.4, 0.5) is 26.7 Å². The molecule has 0 bridgehead atoms. The van der Waals surface area contributed by atoms with E-state index < -0.39 is 47.0 Å². The maximum atomic E-state index is 13.4.